The van der Waals surface area contributed by atoms with E-state index in [4.69, 9.17) is 27.9 Å². The molecule has 8 nitrogen and oxygen atoms in total. The Morgan fingerprint density at radius 2 is 1.48 bits per heavy atom. The van der Waals surface area contributed by atoms with E-state index in [0.717, 1.165) is 8.47 Å². The molecule has 0 spiro atoms. The molecule has 3 fully saturated rings. The molecule has 1 N–H and O–H groups in total. The summed E-state index contributed by atoms with van der Waals surface area (Å²) in [5.74, 6) is -22.6. The van der Waals surface area contributed by atoms with Crippen LogP contribution in [-0.4, -0.2) is 45.6 Å². The fourth-order valence-corrected chi connectivity index (χ4v) is 9.47. The molecule has 50 heavy (non-hydrogen) atoms. The molecule has 1 saturated carbocycles. The van der Waals surface area contributed by atoms with E-state index in [1.165, 1.54) is 25.3 Å². The maximum Gasteiger partial charge on any atom is 0.258 e. The third-order valence-corrected chi connectivity index (χ3v) is 12.5. The van der Waals surface area contributed by atoms with Gasteiger partial charge in [0.2, 0.25) is 17.6 Å². The van der Waals surface area contributed by atoms with Crippen molar-refractivity contribution in [3.05, 3.63) is 90.7 Å². The van der Waals surface area contributed by atoms with Crippen molar-refractivity contribution < 1.29 is 51.0 Å². The number of nitrogens with zero attached hydrogens (tertiary/aromatic N) is 2. The fourth-order valence-electron chi connectivity index (χ4n) is 7.73. The summed E-state index contributed by atoms with van der Waals surface area (Å²) in [6.45, 7) is 0. The van der Waals surface area contributed by atoms with Crippen LogP contribution in [0.15, 0.2) is 52.5 Å². The lowest BCUT2D eigenvalue weighted by molar-refractivity contribution is -0.125. The van der Waals surface area contributed by atoms with E-state index in [-0.39, 0.29) is 38.4 Å². The SMILES string of the molecule is COc1cc(Br)cc([C@H]2C3=CC[C@@H]4C(=O)N(c5ccc(I)cc5)C(=O)[C@@H]4[C@@H]3C[C@@]3(Cl)C(=O)N(c4c(F)c(F)c(F)c(F)c4F)C(=O)[C@@]23Cl)c1O. The Morgan fingerprint density at radius 1 is 0.880 bits per heavy atom. The number of phenolic OH excluding ortho intramolecular Hbond substituents is 1. The van der Waals surface area contributed by atoms with Crippen molar-refractivity contribution in [2.24, 2.45) is 17.8 Å². The second-order valence-electron chi connectivity index (χ2n) is 12.2. The van der Waals surface area contributed by atoms with Crippen molar-refractivity contribution in [3.8, 4) is 11.5 Å². The predicted molar refractivity (Wildman–Crippen MR) is 180 cm³/mol. The van der Waals surface area contributed by atoms with Crippen molar-refractivity contribution in [3.63, 3.8) is 0 Å². The first-order valence-electron chi connectivity index (χ1n) is 14.7. The van der Waals surface area contributed by atoms with Crippen LogP contribution in [0.5, 0.6) is 11.5 Å². The lowest BCUT2D eigenvalue weighted by Gasteiger charge is -2.50. The standard InChI is InChI=1S/C33H19BrCl2F5IN2O6/c1-50-18-9-11(34)8-16(27(18)45)20-14-6-7-15-19(29(47)43(28(15)46)13-4-2-12(42)3-5-13)17(14)10-32(35)30(48)44(31(49)33(20,32)36)26-24(40)22(38)21(37)23(39)25(26)41/h2-6,8-9,15,17,19-20,45H,7,10H2,1H3/t15-,17+,19-,20+,32+,33-/m0/s1. The molecular formula is C33H19BrCl2F5IN2O6. The number of amides is 4. The lowest BCUT2D eigenvalue weighted by Crippen LogP contribution is -2.60. The van der Waals surface area contributed by atoms with Gasteiger partial charge in [-0.3, -0.25) is 24.1 Å². The van der Waals surface area contributed by atoms with Gasteiger partial charge in [-0.1, -0.05) is 27.6 Å². The van der Waals surface area contributed by atoms with E-state index in [2.05, 4.69) is 38.5 Å². The molecule has 17 heteroatoms. The van der Waals surface area contributed by atoms with Crippen LogP contribution in [0, 0.1) is 50.4 Å². The number of allylic oxidation sites excluding steroid dienone is 2. The first-order valence-corrected chi connectivity index (χ1v) is 17.3. The van der Waals surface area contributed by atoms with E-state index in [9.17, 15) is 37.5 Å². The molecule has 260 valence electrons. The summed E-state index contributed by atoms with van der Waals surface area (Å²) in [5, 5.41) is 11.4. The van der Waals surface area contributed by atoms with Crippen molar-refractivity contribution in [2.75, 3.05) is 16.9 Å². The molecule has 2 aliphatic heterocycles. The second kappa shape index (κ2) is 11.9. The number of rotatable bonds is 4. The number of alkyl halides is 2. The number of carbonyl (C=O) groups is 4. The molecule has 6 atom stereocenters. The zero-order valence-corrected chi connectivity index (χ0v) is 30.3. The van der Waals surface area contributed by atoms with Crippen LogP contribution >= 0.6 is 61.7 Å². The third-order valence-electron chi connectivity index (χ3n) is 9.91. The number of aromatic hydroxyl groups is 1. The van der Waals surface area contributed by atoms with Crippen molar-refractivity contribution in [2.45, 2.75) is 28.5 Å². The minimum atomic E-state index is -2.80. The number of benzene rings is 3. The fraction of sp³-hybridized carbons (Fsp3) is 0.273. The summed E-state index contributed by atoms with van der Waals surface area (Å²) >= 11 is 19.6. The number of hydrogen-bond donors (Lipinski definition) is 1. The molecule has 0 bridgehead atoms. The number of halogens is 9. The molecule has 2 aliphatic carbocycles. The summed E-state index contributed by atoms with van der Waals surface area (Å²) < 4.78 is 79.8. The summed E-state index contributed by atoms with van der Waals surface area (Å²) in [7, 11) is 1.22. The minimum Gasteiger partial charge on any atom is -0.504 e. The van der Waals surface area contributed by atoms with Gasteiger partial charge in [0.1, 0.15) is 5.69 Å². The lowest BCUT2D eigenvalue weighted by atomic mass is 9.56. The maximum atomic E-state index is 15.2. The molecule has 3 aromatic carbocycles. The normalized spacial score (nSPS) is 28.9. The predicted octanol–water partition coefficient (Wildman–Crippen LogP) is 7.23. The zero-order valence-electron chi connectivity index (χ0n) is 25.0. The number of fused-ring (bicyclic) bond motifs is 4. The van der Waals surface area contributed by atoms with Crippen LogP contribution in [0.1, 0.15) is 24.3 Å². The Hall–Kier alpha value is -3.28. The third kappa shape index (κ3) is 4.51. The number of anilines is 2. The maximum absolute atomic E-state index is 15.2. The molecule has 2 saturated heterocycles. The average molecular weight is 912 g/mol. The molecule has 2 heterocycles. The zero-order chi connectivity index (χ0) is 36.4. The largest absolute Gasteiger partial charge is 0.504 e. The molecule has 4 aliphatic rings. The van der Waals surface area contributed by atoms with Crippen LogP contribution in [0.2, 0.25) is 0 Å². The highest BCUT2D eigenvalue weighted by Gasteiger charge is 2.77. The van der Waals surface area contributed by atoms with E-state index in [1.54, 1.807) is 24.3 Å². The van der Waals surface area contributed by atoms with Gasteiger partial charge < -0.3 is 9.84 Å². The number of methoxy groups -OCH3 is 1. The molecule has 0 aromatic heterocycles. The van der Waals surface area contributed by atoms with Crippen LogP contribution < -0.4 is 14.5 Å². The van der Waals surface area contributed by atoms with Gasteiger partial charge in [0.15, 0.2) is 44.5 Å². The summed E-state index contributed by atoms with van der Waals surface area (Å²) in [6.07, 6.45) is 0.797. The van der Waals surface area contributed by atoms with Crippen LogP contribution in [-0.2, 0) is 19.2 Å². The molecule has 0 radical (unpaired) electrons. The summed E-state index contributed by atoms with van der Waals surface area (Å²) in [4.78, 5) is 51.9. The number of hydrogen-bond acceptors (Lipinski definition) is 6. The Morgan fingerprint density at radius 3 is 2.08 bits per heavy atom. The quantitative estimate of drug-likeness (QED) is 0.0564. The van der Waals surface area contributed by atoms with Gasteiger partial charge in [-0.2, -0.15) is 0 Å². The molecule has 7 rings (SSSR count). The Labute approximate surface area is 311 Å². The first-order chi connectivity index (χ1) is 23.5. The topological polar surface area (TPSA) is 104 Å². The van der Waals surface area contributed by atoms with Gasteiger partial charge in [-0.15, -0.1) is 23.2 Å². The highest BCUT2D eigenvalue weighted by atomic mass is 127. The van der Waals surface area contributed by atoms with Gasteiger partial charge in [-0.05, 0) is 77.7 Å². The number of ether oxygens (including phenoxy) is 1. The highest BCUT2D eigenvalue weighted by molar-refractivity contribution is 14.1. The van der Waals surface area contributed by atoms with Crippen molar-refractivity contribution in [1.82, 2.24) is 0 Å². The molecular weight excluding hydrogens is 893 g/mol. The number of carbonyl (C=O) groups excluding carboxylic acids is 4. The van der Waals surface area contributed by atoms with Gasteiger partial charge >= 0.3 is 0 Å². The Bertz CT molecular complexity index is 2100. The van der Waals surface area contributed by atoms with Crippen LogP contribution in [0.4, 0.5) is 33.3 Å². The first kappa shape index (κ1) is 35.1. The van der Waals surface area contributed by atoms with Crippen molar-refractivity contribution in [1.29, 1.82) is 0 Å². The van der Waals surface area contributed by atoms with Crippen LogP contribution in [0.25, 0.3) is 0 Å². The minimum absolute atomic E-state index is 0.0594. The van der Waals surface area contributed by atoms with Gasteiger partial charge in [0.05, 0.1) is 24.6 Å². The molecule has 3 aromatic rings. The molecule has 0 unspecified atom stereocenters. The summed E-state index contributed by atoms with van der Waals surface area (Å²) in [6, 6.07) is 9.21. The van der Waals surface area contributed by atoms with E-state index in [1.807, 2.05) is 0 Å². The summed E-state index contributed by atoms with van der Waals surface area (Å²) in [5.41, 5.74) is -1.63. The van der Waals surface area contributed by atoms with Gasteiger partial charge in [0, 0.05) is 19.5 Å². The number of phenols is 1. The molecule has 4 amide bonds. The highest BCUT2D eigenvalue weighted by Crippen LogP contribution is 2.67. The Kier molecular flexibility index (Phi) is 8.35. The smallest absolute Gasteiger partial charge is 0.258 e. The van der Waals surface area contributed by atoms with Crippen molar-refractivity contribution >= 4 is 96.7 Å². The van der Waals surface area contributed by atoms with Gasteiger partial charge in [0.25, 0.3) is 11.8 Å². The average Bonchev–Trinajstić information content (AvgIpc) is 3.42. The van der Waals surface area contributed by atoms with E-state index < -0.39 is 104 Å². The van der Waals surface area contributed by atoms with Crippen LogP contribution in [0.3, 0.4) is 0 Å². The number of imide groups is 2. The monoisotopic (exact) mass is 910 g/mol. The van der Waals surface area contributed by atoms with Gasteiger partial charge in [-0.25, -0.2) is 26.9 Å². The van der Waals surface area contributed by atoms with E-state index in [0.29, 0.717) is 0 Å². The second-order valence-corrected chi connectivity index (χ2v) is 15.6. The Balaban J connectivity index is 1.46. The van der Waals surface area contributed by atoms with E-state index >= 15 is 8.78 Å².